The largest absolute Gasteiger partial charge is 0.294 e. The van der Waals surface area contributed by atoms with E-state index in [1.54, 1.807) is 6.92 Å². The van der Waals surface area contributed by atoms with Gasteiger partial charge in [-0.05, 0) is 42.2 Å². The average Bonchev–Trinajstić information content (AvgIpc) is 2.77. The summed E-state index contributed by atoms with van der Waals surface area (Å²) >= 11 is 2.14. The van der Waals surface area contributed by atoms with Crippen LogP contribution in [0.5, 0.6) is 0 Å². The molecule has 0 heterocycles. The van der Waals surface area contributed by atoms with Crippen LogP contribution in [0.4, 0.5) is 0 Å². The molecule has 0 spiro atoms. The topological polar surface area (TPSA) is 17.1 Å². The van der Waals surface area contributed by atoms with E-state index in [0.717, 1.165) is 22.1 Å². The number of carbonyl (C=O) groups is 1. The van der Waals surface area contributed by atoms with Gasteiger partial charge in [-0.25, -0.2) is 0 Å². The van der Waals surface area contributed by atoms with Crippen molar-refractivity contribution in [1.29, 1.82) is 0 Å². The highest BCUT2D eigenvalue weighted by atomic mass is 32.2. The summed E-state index contributed by atoms with van der Waals surface area (Å²) in [5.74, 6) is 1.18. The van der Waals surface area contributed by atoms with Gasteiger partial charge in [0.25, 0.3) is 0 Å². The third kappa shape index (κ3) is 9.00. The summed E-state index contributed by atoms with van der Waals surface area (Å²) in [7, 11) is 0. The van der Waals surface area contributed by atoms with Crippen LogP contribution in [-0.2, 0) is 5.75 Å². The van der Waals surface area contributed by atoms with Crippen molar-refractivity contribution in [2.45, 2.75) is 115 Å². The molecule has 0 aromatic heterocycles. The number of benzene rings is 2. The van der Waals surface area contributed by atoms with Crippen molar-refractivity contribution in [3.8, 4) is 0 Å². The summed E-state index contributed by atoms with van der Waals surface area (Å²) in [5.41, 5.74) is 2.19. The molecule has 0 aliphatic heterocycles. The van der Waals surface area contributed by atoms with Crippen molar-refractivity contribution in [1.82, 2.24) is 0 Å². The van der Waals surface area contributed by atoms with Gasteiger partial charge in [0.15, 0.2) is 5.78 Å². The fourth-order valence-corrected chi connectivity index (χ4v) is 5.72. The second kappa shape index (κ2) is 14.0. The van der Waals surface area contributed by atoms with E-state index in [0.29, 0.717) is 4.75 Å². The molecule has 0 unspecified atom stereocenters. The monoisotopic (exact) mass is 440 g/mol. The maximum Gasteiger partial charge on any atom is 0.160 e. The quantitative estimate of drug-likeness (QED) is 0.191. The van der Waals surface area contributed by atoms with Crippen LogP contribution in [0.25, 0.3) is 10.8 Å². The maximum atomic E-state index is 12.1. The summed E-state index contributed by atoms with van der Waals surface area (Å²) in [5, 5.41) is 2.27. The molecule has 0 bridgehead atoms. The Morgan fingerprint density at radius 1 is 0.839 bits per heavy atom. The summed E-state index contributed by atoms with van der Waals surface area (Å²) in [6.45, 7) is 8.75. The Balaban J connectivity index is 2.01. The Kier molecular flexibility index (Phi) is 11.7. The number of ketones is 1. The molecule has 31 heavy (non-hydrogen) atoms. The lowest BCUT2D eigenvalue weighted by atomic mass is 9.95. The highest BCUT2D eigenvalue weighted by Crippen LogP contribution is 2.38. The lowest BCUT2D eigenvalue weighted by molar-refractivity contribution is 0.101. The minimum atomic E-state index is 0.152. The first-order chi connectivity index (χ1) is 15.0. The van der Waals surface area contributed by atoms with Crippen molar-refractivity contribution < 1.29 is 4.79 Å². The molecule has 0 amide bonds. The summed E-state index contributed by atoms with van der Waals surface area (Å²) in [6.07, 6.45) is 16.2. The van der Waals surface area contributed by atoms with Crippen LogP contribution in [0.15, 0.2) is 36.4 Å². The van der Waals surface area contributed by atoms with Crippen LogP contribution >= 0.6 is 11.8 Å². The predicted octanol–water partition coefficient (Wildman–Crippen LogP) is 9.76. The number of fused-ring (bicyclic) bond motifs is 1. The van der Waals surface area contributed by atoms with Crippen molar-refractivity contribution in [3.05, 3.63) is 47.5 Å². The first-order valence-corrected chi connectivity index (χ1v) is 13.6. The zero-order valence-electron chi connectivity index (χ0n) is 20.5. The van der Waals surface area contributed by atoms with E-state index < -0.39 is 0 Å². The van der Waals surface area contributed by atoms with E-state index in [2.05, 4.69) is 56.8 Å². The molecule has 0 saturated heterocycles. The molecule has 1 nitrogen and oxygen atoms in total. The first-order valence-electron chi connectivity index (χ1n) is 12.7. The molecular formula is C29H44OS. The Morgan fingerprint density at radius 3 is 2.10 bits per heavy atom. The molecule has 0 N–H and O–H groups in total. The standard InChI is InChI=1S/C29H44OS/c1-5-7-9-11-12-14-21-29(4,20-13-10-8-6-2)31-23-25-18-19-26-16-15-17-27(24(3)30)28(26)22-25/h15-19,22H,5-14,20-21,23H2,1-4H3/t29-/m0/s1. The van der Waals surface area contributed by atoms with Crippen molar-refractivity contribution >= 4 is 28.3 Å². The lowest BCUT2D eigenvalue weighted by Gasteiger charge is -2.30. The zero-order chi connectivity index (χ0) is 22.5. The Labute approximate surface area is 195 Å². The van der Waals surface area contributed by atoms with Gasteiger partial charge in [-0.2, -0.15) is 11.8 Å². The molecule has 2 rings (SSSR count). The Hall–Kier alpha value is -1.28. The third-order valence-electron chi connectivity index (χ3n) is 6.53. The van der Waals surface area contributed by atoms with Gasteiger partial charge in [-0.15, -0.1) is 0 Å². The van der Waals surface area contributed by atoms with Gasteiger partial charge in [0.2, 0.25) is 0 Å². The molecule has 2 aromatic carbocycles. The molecule has 2 aromatic rings. The summed E-state index contributed by atoms with van der Waals surface area (Å²) < 4.78 is 0.355. The first kappa shape index (κ1) is 26.0. The highest BCUT2D eigenvalue weighted by Gasteiger charge is 2.24. The molecule has 0 saturated carbocycles. The molecule has 2 heteroatoms. The van der Waals surface area contributed by atoms with Crippen LogP contribution in [-0.4, -0.2) is 10.5 Å². The second-order valence-corrected chi connectivity index (χ2v) is 11.0. The molecule has 0 aliphatic rings. The number of thioether (sulfide) groups is 1. The van der Waals surface area contributed by atoms with Crippen LogP contribution in [0.3, 0.4) is 0 Å². The van der Waals surface area contributed by atoms with Crippen molar-refractivity contribution in [3.63, 3.8) is 0 Å². The lowest BCUT2D eigenvalue weighted by Crippen LogP contribution is -2.20. The number of carbonyl (C=O) groups excluding carboxylic acids is 1. The molecule has 0 radical (unpaired) electrons. The average molecular weight is 441 g/mol. The highest BCUT2D eigenvalue weighted by molar-refractivity contribution is 7.99. The molecule has 172 valence electrons. The predicted molar refractivity (Wildman–Crippen MR) is 140 cm³/mol. The van der Waals surface area contributed by atoms with E-state index in [1.807, 2.05) is 12.1 Å². The van der Waals surface area contributed by atoms with E-state index in [4.69, 9.17) is 0 Å². The van der Waals surface area contributed by atoms with Crippen molar-refractivity contribution in [2.75, 3.05) is 0 Å². The molecule has 1 atom stereocenters. The Morgan fingerprint density at radius 2 is 1.45 bits per heavy atom. The fourth-order valence-electron chi connectivity index (χ4n) is 4.45. The van der Waals surface area contributed by atoms with E-state index in [-0.39, 0.29) is 5.78 Å². The number of Topliss-reactive ketones (excluding diaryl/α,β-unsaturated/α-hetero) is 1. The zero-order valence-corrected chi connectivity index (χ0v) is 21.3. The van der Waals surface area contributed by atoms with Crippen LogP contribution in [0.2, 0.25) is 0 Å². The van der Waals surface area contributed by atoms with Crippen molar-refractivity contribution in [2.24, 2.45) is 0 Å². The number of hydrogen-bond acceptors (Lipinski definition) is 2. The van der Waals surface area contributed by atoms with Gasteiger partial charge < -0.3 is 0 Å². The molecule has 0 aliphatic carbocycles. The van der Waals surface area contributed by atoms with Gasteiger partial charge in [0, 0.05) is 16.1 Å². The van der Waals surface area contributed by atoms with Gasteiger partial charge in [0.05, 0.1) is 0 Å². The second-order valence-electron chi connectivity index (χ2n) is 9.48. The van der Waals surface area contributed by atoms with Crippen LogP contribution < -0.4 is 0 Å². The Bertz CT molecular complexity index is 796. The van der Waals surface area contributed by atoms with Gasteiger partial charge in [0.1, 0.15) is 0 Å². The number of rotatable bonds is 16. The summed E-state index contributed by atoms with van der Waals surface area (Å²) in [4.78, 5) is 12.1. The van der Waals surface area contributed by atoms with Crippen LogP contribution in [0.1, 0.15) is 121 Å². The fraction of sp³-hybridized carbons (Fsp3) is 0.621. The number of unbranched alkanes of at least 4 members (excludes halogenated alkanes) is 8. The normalized spacial score (nSPS) is 13.4. The van der Waals surface area contributed by atoms with E-state index in [1.165, 1.54) is 82.6 Å². The molecule has 0 fully saturated rings. The van der Waals surface area contributed by atoms with Crippen LogP contribution in [0, 0.1) is 0 Å². The maximum absolute atomic E-state index is 12.1. The minimum Gasteiger partial charge on any atom is -0.294 e. The SMILES string of the molecule is CCCCCCCC[C@](C)(CCCCCC)SCc1ccc2cccc(C(C)=O)c2c1. The summed E-state index contributed by atoms with van der Waals surface area (Å²) in [6, 6.07) is 12.7. The van der Waals surface area contributed by atoms with Gasteiger partial charge in [-0.1, -0.05) is 115 Å². The number of hydrogen-bond donors (Lipinski definition) is 0. The van der Waals surface area contributed by atoms with Gasteiger partial charge in [-0.3, -0.25) is 4.79 Å². The molecular weight excluding hydrogens is 396 g/mol. The van der Waals surface area contributed by atoms with E-state index in [9.17, 15) is 4.79 Å². The smallest absolute Gasteiger partial charge is 0.160 e. The van der Waals surface area contributed by atoms with Gasteiger partial charge >= 0.3 is 0 Å². The minimum absolute atomic E-state index is 0.152. The van der Waals surface area contributed by atoms with E-state index >= 15 is 0 Å². The third-order valence-corrected chi connectivity index (χ3v) is 8.11.